The fourth-order valence-corrected chi connectivity index (χ4v) is 2.43. The van der Waals surface area contributed by atoms with Crippen LogP contribution in [-0.2, 0) is 4.79 Å². The summed E-state index contributed by atoms with van der Waals surface area (Å²) < 4.78 is 16.1. The van der Waals surface area contributed by atoms with Gasteiger partial charge in [-0.05, 0) is 61.2 Å². The van der Waals surface area contributed by atoms with E-state index in [1.54, 1.807) is 26.4 Å². The van der Waals surface area contributed by atoms with Crippen molar-refractivity contribution in [3.8, 4) is 17.2 Å². The molecule has 0 saturated carbocycles. The van der Waals surface area contributed by atoms with Gasteiger partial charge in [-0.15, -0.1) is 0 Å². The number of carbonyl (C=O) groups is 1. The maximum atomic E-state index is 11.9. The molecule has 0 spiro atoms. The van der Waals surface area contributed by atoms with Gasteiger partial charge in [0.2, 0.25) is 0 Å². The van der Waals surface area contributed by atoms with Crippen molar-refractivity contribution in [2.45, 2.75) is 20.8 Å². The molecule has 0 aromatic heterocycles. The van der Waals surface area contributed by atoms with Crippen LogP contribution in [-0.4, -0.2) is 32.9 Å². The lowest BCUT2D eigenvalue weighted by Gasteiger charge is -2.13. The number of benzene rings is 2. The quantitative estimate of drug-likeness (QED) is 0.611. The first kappa shape index (κ1) is 19.3. The Morgan fingerprint density at radius 2 is 1.73 bits per heavy atom. The number of amides is 1. The summed E-state index contributed by atoms with van der Waals surface area (Å²) >= 11 is 0. The molecule has 2 aromatic carbocycles. The van der Waals surface area contributed by atoms with Gasteiger partial charge in [0.05, 0.1) is 20.4 Å². The molecule has 1 N–H and O–H groups in total. The number of hydrogen-bond acceptors (Lipinski definition) is 5. The first-order valence-electron chi connectivity index (χ1n) is 8.19. The number of aryl methyl sites for hydroxylation is 2. The highest BCUT2D eigenvalue weighted by Crippen LogP contribution is 2.27. The van der Waals surface area contributed by atoms with Crippen molar-refractivity contribution in [1.82, 2.24) is 5.43 Å². The highest BCUT2D eigenvalue weighted by atomic mass is 16.5. The largest absolute Gasteiger partial charge is 0.493 e. The van der Waals surface area contributed by atoms with Crippen LogP contribution in [0.5, 0.6) is 17.2 Å². The second-order valence-corrected chi connectivity index (χ2v) is 5.85. The summed E-state index contributed by atoms with van der Waals surface area (Å²) in [5.41, 5.74) is 6.38. The summed E-state index contributed by atoms with van der Waals surface area (Å²) in [6.45, 7) is 5.84. The minimum Gasteiger partial charge on any atom is -0.493 e. The van der Waals surface area contributed by atoms with Gasteiger partial charge in [0.25, 0.3) is 5.91 Å². The highest BCUT2D eigenvalue weighted by molar-refractivity contribution is 5.83. The number of carbonyl (C=O) groups excluding carboxylic acids is 1. The van der Waals surface area contributed by atoms with Crippen LogP contribution in [0.25, 0.3) is 0 Å². The van der Waals surface area contributed by atoms with E-state index in [9.17, 15) is 4.79 Å². The standard InChI is InChI=1S/C20H24N2O4/c1-13-6-7-14(2)20(15(13)3)26-12-19(23)22-21-11-16-8-9-17(24-4)18(10-16)25-5/h6-11H,12H2,1-5H3,(H,22,23)/b21-11+. The molecule has 0 bridgehead atoms. The number of rotatable bonds is 7. The minimum atomic E-state index is -0.331. The molecule has 138 valence electrons. The smallest absolute Gasteiger partial charge is 0.277 e. The molecule has 1 amide bonds. The summed E-state index contributed by atoms with van der Waals surface area (Å²) in [7, 11) is 3.14. The van der Waals surface area contributed by atoms with E-state index in [1.807, 2.05) is 39.0 Å². The molecule has 6 nitrogen and oxygen atoms in total. The Labute approximate surface area is 153 Å². The van der Waals surface area contributed by atoms with Crippen molar-refractivity contribution >= 4 is 12.1 Å². The van der Waals surface area contributed by atoms with E-state index < -0.39 is 0 Å². The van der Waals surface area contributed by atoms with E-state index in [4.69, 9.17) is 14.2 Å². The number of methoxy groups -OCH3 is 2. The maximum absolute atomic E-state index is 11.9. The second-order valence-electron chi connectivity index (χ2n) is 5.85. The Morgan fingerprint density at radius 3 is 2.42 bits per heavy atom. The number of hydrogen-bond donors (Lipinski definition) is 1. The lowest BCUT2D eigenvalue weighted by atomic mass is 10.1. The van der Waals surface area contributed by atoms with Crippen LogP contribution >= 0.6 is 0 Å². The number of hydrazone groups is 1. The van der Waals surface area contributed by atoms with Gasteiger partial charge >= 0.3 is 0 Å². The Bertz CT molecular complexity index is 816. The molecule has 0 heterocycles. The Balaban J connectivity index is 1.93. The zero-order valence-electron chi connectivity index (χ0n) is 15.8. The molecule has 0 aliphatic carbocycles. The van der Waals surface area contributed by atoms with Crippen LogP contribution in [0.2, 0.25) is 0 Å². The molecule has 0 unspecified atom stereocenters. The zero-order valence-corrected chi connectivity index (χ0v) is 15.8. The van der Waals surface area contributed by atoms with Crippen LogP contribution in [0.3, 0.4) is 0 Å². The van der Waals surface area contributed by atoms with E-state index in [2.05, 4.69) is 10.5 Å². The average molecular weight is 356 g/mol. The van der Waals surface area contributed by atoms with Gasteiger partial charge in [-0.25, -0.2) is 5.43 Å². The van der Waals surface area contributed by atoms with Crippen LogP contribution in [0.4, 0.5) is 0 Å². The first-order chi connectivity index (χ1) is 12.5. The normalized spacial score (nSPS) is 10.7. The minimum absolute atomic E-state index is 0.103. The Hall–Kier alpha value is -3.02. The van der Waals surface area contributed by atoms with Gasteiger partial charge in [-0.2, -0.15) is 5.10 Å². The molecule has 0 aliphatic heterocycles. The van der Waals surface area contributed by atoms with Crippen molar-refractivity contribution in [3.05, 3.63) is 52.6 Å². The number of nitrogens with zero attached hydrogens (tertiary/aromatic N) is 1. The Morgan fingerprint density at radius 1 is 1.04 bits per heavy atom. The molecule has 26 heavy (non-hydrogen) atoms. The van der Waals surface area contributed by atoms with Gasteiger partial charge in [-0.1, -0.05) is 12.1 Å². The van der Waals surface area contributed by atoms with Crippen LogP contribution in [0, 0.1) is 20.8 Å². The molecule has 2 aromatic rings. The highest BCUT2D eigenvalue weighted by Gasteiger charge is 2.09. The maximum Gasteiger partial charge on any atom is 0.277 e. The summed E-state index contributed by atoms with van der Waals surface area (Å²) in [6.07, 6.45) is 1.53. The summed E-state index contributed by atoms with van der Waals surface area (Å²) in [5.74, 6) is 1.63. The molecule has 6 heteroatoms. The fraction of sp³-hybridized carbons (Fsp3) is 0.300. The van der Waals surface area contributed by atoms with Crippen molar-refractivity contribution < 1.29 is 19.0 Å². The predicted octanol–water partition coefficient (Wildman–Crippen LogP) is 3.16. The van der Waals surface area contributed by atoms with Crippen molar-refractivity contribution in [3.63, 3.8) is 0 Å². The van der Waals surface area contributed by atoms with Crippen molar-refractivity contribution in [2.24, 2.45) is 5.10 Å². The van der Waals surface area contributed by atoms with E-state index in [0.717, 1.165) is 28.0 Å². The third-order valence-electron chi connectivity index (χ3n) is 4.03. The van der Waals surface area contributed by atoms with Crippen LogP contribution in [0.1, 0.15) is 22.3 Å². The van der Waals surface area contributed by atoms with Gasteiger partial charge in [-0.3, -0.25) is 4.79 Å². The molecule has 2 rings (SSSR count). The third-order valence-corrected chi connectivity index (χ3v) is 4.03. The fourth-order valence-electron chi connectivity index (χ4n) is 2.43. The van der Waals surface area contributed by atoms with E-state index in [-0.39, 0.29) is 12.5 Å². The predicted molar refractivity (Wildman–Crippen MR) is 101 cm³/mol. The third kappa shape index (κ3) is 4.75. The monoisotopic (exact) mass is 356 g/mol. The number of ether oxygens (including phenoxy) is 3. The molecule has 0 atom stereocenters. The van der Waals surface area contributed by atoms with Gasteiger partial charge in [0.15, 0.2) is 18.1 Å². The van der Waals surface area contributed by atoms with Crippen molar-refractivity contribution in [2.75, 3.05) is 20.8 Å². The summed E-state index contributed by atoms with van der Waals surface area (Å²) in [4.78, 5) is 11.9. The molecule has 0 fully saturated rings. The molecular weight excluding hydrogens is 332 g/mol. The average Bonchev–Trinajstić information content (AvgIpc) is 2.64. The van der Waals surface area contributed by atoms with Crippen LogP contribution < -0.4 is 19.6 Å². The molecule has 0 saturated heterocycles. The first-order valence-corrected chi connectivity index (χ1v) is 8.19. The number of nitrogens with one attached hydrogen (secondary N) is 1. The topological polar surface area (TPSA) is 69.2 Å². The second kappa shape index (κ2) is 8.89. The molecular formula is C20H24N2O4. The SMILES string of the molecule is COc1ccc(/C=N/NC(=O)COc2c(C)ccc(C)c2C)cc1OC. The molecule has 0 aliphatic rings. The lowest BCUT2D eigenvalue weighted by molar-refractivity contribution is -0.123. The van der Waals surface area contributed by atoms with E-state index in [1.165, 1.54) is 6.21 Å². The van der Waals surface area contributed by atoms with E-state index >= 15 is 0 Å². The van der Waals surface area contributed by atoms with Gasteiger partial charge in [0.1, 0.15) is 5.75 Å². The van der Waals surface area contributed by atoms with Crippen LogP contribution in [0.15, 0.2) is 35.4 Å². The lowest BCUT2D eigenvalue weighted by Crippen LogP contribution is -2.25. The van der Waals surface area contributed by atoms with Gasteiger partial charge in [0, 0.05) is 0 Å². The van der Waals surface area contributed by atoms with Crippen molar-refractivity contribution in [1.29, 1.82) is 0 Å². The molecule has 0 radical (unpaired) electrons. The summed E-state index contributed by atoms with van der Waals surface area (Å²) in [5, 5.41) is 3.95. The Kier molecular flexibility index (Phi) is 6.60. The summed E-state index contributed by atoms with van der Waals surface area (Å²) in [6, 6.07) is 9.36. The van der Waals surface area contributed by atoms with E-state index in [0.29, 0.717) is 11.5 Å². The van der Waals surface area contributed by atoms with Gasteiger partial charge < -0.3 is 14.2 Å². The zero-order chi connectivity index (χ0) is 19.1.